The fourth-order valence-electron chi connectivity index (χ4n) is 2.62. The fraction of sp³-hybridized carbons (Fsp3) is 0.357. The molecule has 1 aromatic heterocycles. The molecule has 0 aliphatic carbocycles. The number of aliphatic carboxylic acids is 1. The van der Waals surface area contributed by atoms with E-state index in [2.05, 4.69) is 10.1 Å². The molecule has 21 heavy (non-hydrogen) atoms. The van der Waals surface area contributed by atoms with Crippen LogP contribution in [-0.4, -0.2) is 44.4 Å². The van der Waals surface area contributed by atoms with Crippen molar-refractivity contribution in [2.75, 3.05) is 13.7 Å². The first-order chi connectivity index (χ1) is 10.2. The molecule has 2 aromatic rings. The quantitative estimate of drug-likeness (QED) is 0.901. The first-order valence-electron chi connectivity index (χ1n) is 6.66. The Labute approximate surface area is 121 Å². The van der Waals surface area contributed by atoms with Crippen molar-refractivity contribution in [1.29, 1.82) is 0 Å². The van der Waals surface area contributed by atoms with Gasteiger partial charge < -0.3 is 9.84 Å². The average Bonchev–Trinajstić information content (AvgIpc) is 2.95. The molecule has 0 amide bonds. The van der Waals surface area contributed by atoms with E-state index in [1.807, 2.05) is 4.90 Å². The van der Waals surface area contributed by atoms with Crippen LogP contribution in [0, 0.1) is 0 Å². The number of carbonyl (C=O) groups is 1. The van der Waals surface area contributed by atoms with Gasteiger partial charge in [-0.2, -0.15) is 5.10 Å². The minimum Gasteiger partial charge on any atom is -0.497 e. The lowest BCUT2D eigenvalue weighted by atomic mass is 10.0. The number of hydrogen-bond acceptors (Lipinski definition) is 5. The zero-order chi connectivity index (χ0) is 14.8. The molecule has 1 atom stereocenters. The maximum Gasteiger partial charge on any atom is 0.325 e. The summed E-state index contributed by atoms with van der Waals surface area (Å²) in [6.45, 7) is 1.72. The first kappa shape index (κ1) is 13.6. The van der Waals surface area contributed by atoms with Crippen molar-refractivity contribution in [2.24, 2.45) is 0 Å². The van der Waals surface area contributed by atoms with E-state index in [0.29, 0.717) is 30.9 Å². The van der Waals surface area contributed by atoms with E-state index in [0.717, 1.165) is 5.82 Å². The molecular weight excluding hydrogens is 272 g/mol. The van der Waals surface area contributed by atoms with Crippen LogP contribution in [-0.2, 0) is 17.9 Å². The van der Waals surface area contributed by atoms with Crippen molar-refractivity contribution in [3.63, 3.8) is 0 Å². The molecule has 1 aromatic carbocycles. The minimum atomic E-state index is -0.879. The Hall–Kier alpha value is -2.41. The van der Waals surface area contributed by atoms with Crippen molar-refractivity contribution in [1.82, 2.24) is 19.7 Å². The third-order valence-electron chi connectivity index (χ3n) is 3.65. The topological polar surface area (TPSA) is 80.5 Å². The number of carboxylic acids is 1. The third-order valence-corrected chi connectivity index (χ3v) is 3.65. The SMILES string of the molecule is COc1cccc(C(C(=O)O)N2CCn3ncnc3C2)c1. The van der Waals surface area contributed by atoms with E-state index in [-0.39, 0.29) is 0 Å². The molecule has 0 fully saturated rings. The van der Waals surface area contributed by atoms with Gasteiger partial charge in [0.1, 0.15) is 23.9 Å². The van der Waals surface area contributed by atoms with Crippen LogP contribution in [0.2, 0.25) is 0 Å². The Balaban J connectivity index is 1.90. The predicted octanol–water partition coefficient (Wildman–Crippen LogP) is 0.928. The van der Waals surface area contributed by atoms with Gasteiger partial charge in [0.15, 0.2) is 0 Å². The minimum absolute atomic E-state index is 0.466. The average molecular weight is 288 g/mol. The van der Waals surface area contributed by atoms with Gasteiger partial charge in [0.05, 0.1) is 20.2 Å². The number of aromatic nitrogens is 3. The van der Waals surface area contributed by atoms with Gasteiger partial charge in [-0.3, -0.25) is 9.69 Å². The Morgan fingerprint density at radius 3 is 3.05 bits per heavy atom. The van der Waals surface area contributed by atoms with Crippen molar-refractivity contribution in [2.45, 2.75) is 19.1 Å². The van der Waals surface area contributed by atoms with Gasteiger partial charge in [-0.25, -0.2) is 9.67 Å². The molecule has 7 nitrogen and oxygen atoms in total. The van der Waals surface area contributed by atoms with E-state index >= 15 is 0 Å². The predicted molar refractivity (Wildman–Crippen MR) is 73.8 cm³/mol. The first-order valence-corrected chi connectivity index (χ1v) is 6.66. The summed E-state index contributed by atoms with van der Waals surface area (Å²) >= 11 is 0. The largest absolute Gasteiger partial charge is 0.497 e. The second-order valence-corrected chi connectivity index (χ2v) is 4.89. The van der Waals surface area contributed by atoms with Gasteiger partial charge in [0.25, 0.3) is 0 Å². The molecule has 7 heteroatoms. The number of carboxylic acid groups (broad SMARTS) is 1. The molecule has 110 valence electrons. The van der Waals surface area contributed by atoms with Gasteiger partial charge in [-0.05, 0) is 17.7 Å². The van der Waals surface area contributed by atoms with Gasteiger partial charge >= 0.3 is 5.97 Å². The highest BCUT2D eigenvalue weighted by molar-refractivity contribution is 5.75. The van der Waals surface area contributed by atoms with E-state index < -0.39 is 12.0 Å². The van der Waals surface area contributed by atoms with E-state index in [1.54, 1.807) is 36.1 Å². The van der Waals surface area contributed by atoms with Crippen molar-refractivity contribution in [3.05, 3.63) is 42.0 Å². The molecule has 0 saturated heterocycles. The lowest BCUT2D eigenvalue weighted by Crippen LogP contribution is -2.40. The molecule has 1 N–H and O–H groups in total. The summed E-state index contributed by atoms with van der Waals surface area (Å²) in [5.41, 5.74) is 0.704. The van der Waals surface area contributed by atoms with Crippen LogP contribution in [0.5, 0.6) is 5.75 Å². The second kappa shape index (κ2) is 5.53. The Morgan fingerprint density at radius 1 is 1.43 bits per heavy atom. The molecule has 1 aliphatic heterocycles. The molecule has 0 saturated carbocycles. The van der Waals surface area contributed by atoms with Crippen LogP contribution < -0.4 is 4.74 Å². The summed E-state index contributed by atoms with van der Waals surface area (Å²) in [5.74, 6) is 0.561. The van der Waals surface area contributed by atoms with Gasteiger partial charge in [-0.15, -0.1) is 0 Å². The molecule has 0 spiro atoms. The van der Waals surface area contributed by atoms with E-state index in [1.165, 1.54) is 6.33 Å². The van der Waals surface area contributed by atoms with Crippen LogP contribution in [0.25, 0.3) is 0 Å². The van der Waals surface area contributed by atoms with Crippen LogP contribution in [0.1, 0.15) is 17.4 Å². The fourth-order valence-corrected chi connectivity index (χ4v) is 2.62. The van der Waals surface area contributed by atoms with Crippen LogP contribution in [0.3, 0.4) is 0 Å². The Bertz CT molecular complexity index is 655. The number of benzene rings is 1. The molecule has 3 rings (SSSR count). The highest BCUT2D eigenvalue weighted by Crippen LogP contribution is 2.27. The van der Waals surface area contributed by atoms with Crippen LogP contribution in [0.15, 0.2) is 30.6 Å². The zero-order valence-corrected chi connectivity index (χ0v) is 11.6. The smallest absolute Gasteiger partial charge is 0.325 e. The molecule has 0 bridgehead atoms. The lowest BCUT2D eigenvalue weighted by Gasteiger charge is -2.32. The zero-order valence-electron chi connectivity index (χ0n) is 11.6. The summed E-state index contributed by atoms with van der Waals surface area (Å²) in [4.78, 5) is 17.8. The van der Waals surface area contributed by atoms with E-state index in [4.69, 9.17) is 4.74 Å². The Morgan fingerprint density at radius 2 is 2.29 bits per heavy atom. The summed E-state index contributed by atoms with van der Waals surface area (Å²) in [6.07, 6.45) is 1.50. The van der Waals surface area contributed by atoms with Crippen LogP contribution >= 0.6 is 0 Å². The maximum absolute atomic E-state index is 11.7. The highest BCUT2D eigenvalue weighted by atomic mass is 16.5. The van der Waals surface area contributed by atoms with Crippen LogP contribution in [0.4, 0.5) is 0 Å². The van der Waals surface area contributed by atoms with Crippen molar-refractivity contribution >= 4 is 5.97 Å². The van der Waals surface area contributed by atoms with Gasteiger partial charge in [-0.1, -0.05) is 12.1 Å². The number of ether oxygens (including phenoxy) is 1. The summed E-state index contributed by atoms with van der Waals surface area (Å²) < 4.78 is 6.98. The molecule has 0 radical (unpaired) electrons. The monoisotopic (exact) mass is 288 g/mol. The molecule has 2 heterocycles. The third kappa shape index (κ3) is 2.59. The summed E-state index contributed by atoms with van der Waals surface area (Å²) in [6, 6.07) is 6.45. The number of hydrogen-bond donors (Lipinski definition) is 1. The normalized spacial score (nSPS) is 16.2. The number of rotatable bonds is 4. The lowest BCUT2D eigenvalue weighted by molar-refractivity contribution is -0.144. The summed E-state index contributed by atoms with van der Waals surface area (Å²) in [5, 5.41) is 13.7. The highest BCUT2D eigenvalue weighted by Gasteiger charge is 2.31. The van der Waals surface area contributed by atoms with Crippen molar-refractivity contribution < 1.29 is 14.6 Å². The van der Waals surface area contributed by atoms with Crippen molar-refractivity contribution in [3.8, 4) is 5.75 Å². The standard InChI is InChI=1S/C14H16N4O3/c1-21-11-4-2-3-10(7-11)13(14(19)20)17-5-6-18-12(8-17)15-9-16-18/h2-4,7,9,13H,5-6,8H2,1H3,(H,19,20). The number of nitrogens with zero attached hydrogens (tertiary/aromatic N) is 4. The maximum atomic E-state index is 11.7. The van der Waals surface area contributed by atoms with E-state index in [9.17, 15) is 9.90 Å². The Kier molecular flexibility index (Phi) is 3.57. The number of fused-ring (bicyclic) bond motifs is 1. The van der Waals surface area contributed by atoms with Gasteiger partial charge in [0, 0.05) is 6.54 Å². The summed E-state index contributed by atoms with van der Waals surface area (Å²) in [7, 11) is 1.57. The molecule has 1 aliphatic rings. The molecular formula is C14H16N4O3. The molecule has 1 unspecified atom stereocenters. The van der Waals surface area contributed by atoms with Gasteiger partial charge in [0.2, 0.25) is 0 Å². The number of methoxy groups -OCH3 is 1. The second-order valence-electron chi connectivity index (χ2n) is 4.89.